The lowest BCUT2D eigenvalue weighted by molar-refractivity contribution is -0.384. The van der Waals surface area contributed by atoms with Gasteiger partial charge in [0, 0.05) is 73.7 Å². The van der Waals surface area contributed by atoms with Crippen LogP contribution in [0.5, 0.6) is 11.5 Å². The summed E-state index contributed by atoms with van der Waals surface area (Å²) in [7, 11) is -4.63. The molecule has 14 nitrogen and oxygen atoms in total. The maximum Gasteiger partial charge on any atom is 0.293 e. The molecule has 18 heteroatoms. The van der Waals surface area contributed by atoms with E-state index in [1.54, 1.807) is 24.4 Å². The van der Waals surface area contributed by atoms with Gasteiger partial charge in [0.25, 0.3) is 21.6 Å². The van der Waals surface area contributed by atoms with E-state index in [1.165, 1.54) is 35.0 Å². The Bertz CT molecular complexity index is 2540. The number of sulfonamides is 1. The number of rotatable bonds is 15. The van der Waals surface area contributed by atoms with Crippen LogP contribution in [0.1, 0.15) is 56.0 Å². The second-order valence-corrected chi connectivity index (χ2v) is 18.2. The van der Waals surface area contributed by atoms with Gasteiger partial charge < -0.3 is 25.3 Å². The number of piperidine rings is 1. The molecule has 4 heterocycles. The Labute approximate surface area is 371 Å². The highest BCUT2D eigenvalue weighted by atomic mass is 35.5. The van der Waals surface area contributed by atoms with Gasteiger partial charge in [-0.05, 0) is 105 Å². The highest BCUT2D eigenvalue weighted by Crippen LogP contribution is 2.34. The van der Waals surface area contributed by atoms with E-state index in [2.05, 4.69) is 68.0 Å². The van der Waals surface area contributed by atoms with Gasteiger partial charge in [-0.2, -0.15) is 0 Å². The number of allylic oxidation sites excluding steroid dienone is 1. The molecule has 7 rings (SSSR count). The third-order valence-electron chi connectivity index (χ3n) is 11.1. The smallest absolute Gasteiger partial charge is 0.293 e. The predicted molar refractivity (Wildman–Crippen MR) is 244 cm³/mol. The summed E-state index contributed by atoms with van der Waals surface area (Å²) in [5.74, 6) is -0.105. The number of ether oxygens (including phenoxy) is 1. The monoisotopic (exact) mass is 908 g/mol. The van der Waals surface area contributed by atoms with E-state index in [4.69, 9.17) is 16.3 Å². The largest absolute Gasteiger partial charge is 0.455 e. The third kappa shape index (κ3) is 11.2. The van der Waals surface area contributed by atoms with Gasteiger partial charge in [-0.3, -0.25) is 19.8 Å². The zero-order valence-electron chi connectivity index (χ0n) is 34.7. The van der Waals surface area contributed by atoms with E-state index in [0.717, 1.165) is 49.3 Å². The standard InChI is InChI=1S/C44H50ClFN8O6S.ClH/c1-29(2)22-38(31-4-6-33(45)7-5-31)30(3)27-52-18-20-53(21-19-52)34-8-10-37(41(24-34)60-35-23-32-12-15-48-42(32)49-26-35)43(55)51-61(58,59)36-9-11-39(40(25-36)54(56)57)50-28-44(46)13-16-47-17-14-44;/h4-12,15,23-26,29,47,50H,13-14,16-22,27-28H2,1-3H3,(H,48,49)(H,51,55);1H/b38-30-;. The number of aromatic nitrogens is 2. The molecule has 0 saturated carbocycles. The summed E-state index contributed by atoms with van der Waals surface area (Å²) in [4.78, 5) is 36.7. The van der Waals surface area contributed by atoms with Gasteiger partial charge in [0.15, 0.2) is 0 Å². The van der Waals surface area contributed by atoms with Gasteiger partial charge in [0.05, 0.1) is 21.6 Å². The number of nitrogens with one attached hydrogen (secondary N) is 4. The molecule has 2 saturated heterocycles. The van der Waals surface area contributed by atoms with Gasteiger partial charge in [-0.25, -0.2) is 22.5 Å². The quantitative estimate of drug-likeness (QED) is 0.0585. The predicted octanol–water partition coefficient (Wildman–Crippen LogP) is 8.60. The summed E-state index contributed by atoms with van der Waals surface area (Å²) in [6.07, 6.45) is 4.66. The zero-order valence-corrected chi connectivity index (χ0v) is 37.1. The molecule has 0 atom stereocenters. The Kier molecular flexibility index (Phi) is 14.8. The summed E-state index contributed by atoms with van der Waals surface area (Å²) < 4.78 is 50.9. The summed E-state index contributed by atoms with van der Waals surface area (Å²) in [6.45, 7) is 11.2. The van der Waals surface area contributed by atoms with Gasteiger partial charge >= 0.3 is 0 Å². The molecule has 3 aromatic carbocycles. The Balaban J connectivity index is 0.00000641. The van der Waals surface area contributed by atoms with Gasteiger partial charge in [0.1, 0.15) is 28.5 Å². The normalized spacial score (nSPS) is 16.1. The van der Waals surface area contributed by atoms with Crippen molar-refractivity contribution < 1.29 is 27.3 Å². The molecule has 0 spiro atoms. The lowest BCUT2D eigenvalue weighted by Crippen LogP contribution is -2.47. The number of H-pyrrole nitrogens is 1. The highest BCUT2D eigenvalue weighted by Gasteiger charge is 2.33. The van der Waals surface area contributed by atoms with Crippen LogP contribution in [-0.2, 0) is 10.0 Å². The number of fused-ring (bicyclic) bond motifs is 1. The number of alkyl halides is 1. The van der Waals surface area contributed by atoms with Crippen molar-refractivity contribution in [2.45, 2.75) is 50.6 Å². The first-order chi connectivity index (χ1) is 29.2. The van der Waals surface area contributed by atoms with Crippen LogP contribution in [-0.4, -0.2) is 92.1 Å². The summed E-state index contributed by atoms with van der Waals surface area (Å²) in [6, 6.07) is 19.7. The minimum atomic E-state index is -4.63. The summed E-state index contributed by atoms with van der Waals surface area (Å²) in [5, 5.41) is 19.4. The van der Waals surface area contributed by atoms with Crippen molar-refractivity contribution in [3.8, 4) is 11.5 Å². The van der Waals surface area contributed by atoms with Crippen LogP contribution >= 0.6 is 24.0 Å². The number of carbonyl (C=O) groups is 1. The second-order valence-electron chi connectivity index (χ2n) is 16.1. The first-order valence-electron chi connectivity index (χ1n) is 20.3. The number of anilines is 2. The molecule has 0 aliphatic carbocycles. The summed E-state index contributed by atoms with van der Waals surface area (Å²) in [5.41, 5.74) is 2.97. The molecular formula is C44H51Cl2FN8O6S. The number of hydrogen-bond acceptors (Lipinski definition) is 11. The molecule has 0 bridgehead atoms. The van der Waals surface area contributed by atoms with Crippen molar-refractivity contribution in [3.63, 3.8) is 0 Å². The number of nitro benzene ring substituents is 1. The fraction of sp³-hybridized carbons (Fsp3) is 0.364. The Morgan fingerprint density at radius 1 is 1.03 bits per heavy atom. The number of hydrogen-bond donors (Lipinski definition) is 4. The van der Waals surface area contributed by atoms with Crippen LogP contribution in [0.3, 0.4) is 0 Å². The van der Waals surface area contributed by atoms with Crippen molar-refractivity contribution in [1.29, 1.82) is 0 Å². The highest BCUT2D eigenvalue weighted by molar-refractivity contribution is 7.90. The summed E-state index contributed by atoms with van der Waals surface area (Å²) >= 11 is 6.19. The number of carbonyl (C=O) groups excluding carboxylic acids is 1. The van der Waals surface area contributed by atoms with Crippen LogP contribution in [0, 0.1) is 16.0 Å². The molecule has 4 N–H and O–H groups in total. The van der Waals surface area contributed by atoms with Crippen LogP contribution in [0.4, 0.5) is 21.5 Å². The van der Waals surface area contributed by atoms with Crippen molar-refractivity contribution in [3.05, 3.63) is 117 Å². The zero-order chi connectivity index (χ0) is 43.3. The average Bonchev–Trinajstić information content (AvgIpc) is 3.71. The van der Waals surface area contributed by atoms with Gasteiger partial charge in [-0.15, -0.1) is 12.4 Å². The van der Waals surface area contributed by atoms with E-state index >= 15 is 4.39 Å². The number of aromatic amines is 1. The van der Waals surface area contributed by atoms with Crippen molar-refractivity contribution >= 4 is 73.6 Å². The lowest BCUT2D eigenvalue weighted by atomic mass is 9.92. The molecule has 5 aromatic rings. The molecule has 1 amide bonds. The van der Waals surface area contributed by atoms with Gasteiger partial charge in [0.2, 0.25) is 0 Å². The van der Waals surface area contributed by atoms with Crippen LogP contribution in [0.2, 0.25) is 5.02 Å². The van der Waals surface area contributed by atoms with E-state index in [9.17, 15) is 23.3 Å². The SMILES string of the molecule is C/C(CN1CCN(c2ccc(C(=O)NS(=O)(=O)c3ccc(NCC4(F)CCNCC4)c([N+](=O)[O-])c3)c(Oc3cnc4[nH]ccc4c3)c2)CC1)=C(\CC(C)C)c1ccc(Cl)cc1.Cl. The molecule has 0 radical (unpaired) electrons. The first kappa shape index (κ1) is 46.2. The van der Waals surface area contributed by atoms with E-state index < -0.39 is 37.1 Å². The maximum absolute atomic E-state index is 15.3. The van der Waals surface area contributed by atoms with Crippen molar-refractivity contribution in [2.75, 3.05) is 62.6 Å². The average molecular weight is 910 g/mol. The van der Waals surface area contributed by atoms with E-state index in [1.807, 2.05) is 18.2 Å². The molecule has 62 heavy (non-hydrogen) atoms. The fourth-order valence-corrected chi connectivity index (χ4v) is 8.91. The molecule has 2 aliphatic rings. The number of pyridine rings is 1. The maximum atomic E-state index is 15.3. The van der Waals surface area contributed by atoms with Crippen LogP contribution in [0.15, 0.2) is 95.7 Å². The van der Waals surface area contributed by atoms with Crippen molar-refractivity contribution in [1.82, 2.24) is 24.9 Å². The Morgan fingerprint density at radius 2 is 1.76 bits per heavy atom. The minimum absolute atomic E-state index is 0. The molecule has 330 valence electrons. The number of halogens is 3. The molecule has 0 unspecified atom stereocenters. The Hall–Kier alpha value is -5.26. The number of nitrogens with zero attached hydrogens (tertiary/aromatic N) is 4. The molecule has 2 fully saturated rings. The number of nitro groups is 1. The third-order valence-corrected chi connectivity index (χ3v) is 12.7. The Morgan fingerprint density at radius 3 is 2.45 bits per heavy atom. The van der Waals surface area contributed by atoms with Crippen molar-refractivity contribution in [2.24, 2.45) is 5.92 Å². The lowest BCUT2D eigenvalue weighted by Gasteiger charge is -2.37. The second kappa shape index (κ2) is 19.8. The molecular weight excluding hydrogens is 859 g/mol. The number of piperazine rings is 1. The van der Waals surface area contributed by atoms with E-state index in [0.29, 0.717) is 48.5 Å². The topological polar surface area (TPSA) is 175 Å². The van der Waals surface area contributed by atoms with Gasteiger partial charge in [-0.1, -0.05) is 43.2 Å². The fourth-order valence-electron chi connectivity index (χ4n) is 7.80. The van der Waals surface area contributed by atoms with Crippen LogP contribution < -0.4 is 25.0 Å². The van der Waals surface area contributed by atoms with Crippen LogP contribution in [0.25, 0.3) is 16.6 Å². The molecule has 2 aromatic heterocycles. The number of amides is 1. The first-order valence-corrected chi connectivity index (χ1v) is 22.2. The molecule has 2 aliphatic heterocycles. The van der Waals surface area contributed by atoms with E-state index in [-0.39, 0.29) is 48.8 Å². The number of benzene rings is 3. The minimum Gasteiger partial charge on any atom is -0.455 e.